The molecule has 1 aromatic carbocycles. The standard InChI is InChI=1S/C11H13NO3S/c1-12-11(9-15-16(2,13)14)8-10-6-4-3-5-7-10/h3-7,11H,8-9H2,2H3/t11-/m0/s1. The van der Waals surface area contributed by atoms with Gasteiger partial charge in [-0.05, 0) is 5.56 Å². The fourth-order valence-corrected chi connectivity index (χ4v) is 1.63. The minimum Gasteiger partial charge on any atom is -0.311 e. The Hall–Kier alpha value is -1.38. The number of nitrogens with zero attached hydrogens (tertiary/aromatic N) is 1. The van der Waals surface area contributed by atoms with Crippen molar-refractivity contribution in [2.75, 3.05) is 12.9 Å². The fraction of sp³-hybridized carbons (Fsp3) is 0.364. The molecule has 86 valence electrons. The van der Waals surface area contributed by atoms with Gasteiger partial charge in [0.05, 0.1) is 12.7 Å². The molecule has 4 nitrogen and oxygen atoms in total. The van der Waals surface area contributed by atoms with Crippen LogP contribution in [-0.4, -0.2) is 27.3 Å². The third-order valence-electron chi connectivity index (χ3n) is 1.97. The van der Waals surface area contributed by atoms with Crippen molar-refractivity contribution in [2.24, 2.45) is 0 Å². The molecule has 0 radical (unpaired) electrons. The summed E-state index contributed by atoms with van der Waals surface area (Å²) in [6, 6.07) is 9.00. The van der Waals surface area contributed by atoms with Crippen LogP contribution in [0.25, 0.3) is 4.85 Å². The molecule has 0 N–H and O–H groups in total. The first-order chi connectivity index (χ1) is 7.51. The van der Waals surface area contributed by atoms with Gasteiger partial charge in [-0.3, -0.25) is 4.18 Å². The lowest BCUT2D eigenvalue weighted by molar-refractivity contribution is 0.308. The lowest BCUT2D eigenvalue weighted by Gasteiger charge is -2.05. The van der Waals surface area contributed by atoms with Crippen LogP contribution in [0.2, 0.25) is 0 Å². The molecule has 0 spiro atoms. The van der Waals surface area contributed by atoms with E-state index in [2.05, 4.69) is 9.03 Å². The van der Waals surface area contributed by atoms with Gasteiger partial charge in [0.1, 0.15) is 6.61 Å². The number of benzene rings is 1. The summed E-state index contributed by atoms with van der Waals surface area (Å²) < 4.78 is 26.2. The molecule has 0 amide bonds. The Morgan fingerprint density at radius 3 is 2.50 bits per heavy atom. The maximum Gasteiger partial charge on any atom is 0.264 e. The fourth-order valence-electron chi connectivity index (χ4n) is 1.23. The molecule has 0 unspecified atom stereocenters. The van der Waals surface area contributed by atoms with Gasteiger partial charge in [-0.1, -0.05) is 30.3 Å². The first kappa shape index (κ1) is 12.7. The van der Waals surface area contributed by atoms with Gasteiger partial charge in [0, 0.05) is 0 Å². The van der Waals surface area contributed by atoms with Crippen LogP contribution in [0, 0.1) is 6.57 Å². The van der Waals surface area contributed by atoms with E-state index in [4.69, 9.17) is 6.57 Å². The average Bonchev–Trinajstić information content (AvgIpc) is 2.24. The highest BCUT2D eigenvalue weighted by Crippen LogP contribution is 2.07. The van der Waals surface area contributed by atoms with Crippen molar-refractivity contribution in [3.8, 4) is 0 Å². The highest BCUT2D eigenvalue weighted by atomic mass is 32.2. The van der Waals surface area contributed by atoms with Gasteiger partial charge in [-0.2, -0.15) is 8.42 Å². The Labute approximate surface area is 95.8 Å². The average molecular weight is 239 g/mol. The van der Waals surface area contributed by atoms with Crippen LogP contribution in [0.4, 0.5) is 0 Å². The van der Waals surface area contributed by atoms with E-state index in [0.717, 1.165) is 11.8 Å². The van der Waals surface area contributed by atoms with E-state index >= 15 is 0 Å². The second kappa shape index (κ2) is 5.64. The number of hydrogen-bond donors (Lipinski definition) is 0. The first-order valence-electron chi connectivity index (χ1n) is 4.76. The Morgan fingerprint density at radius 2 is 2.00 bits per heavy atom. The van der Waals surface area contributed by atoms with Gasteiger partial charge < -0.3 is 4.85 Å². The normalized spacial score (nSPS) is 13.0. The van der Waals surface area contributed by atoms with E-state index in [1.165, 1.54) is 0 Å². The molecule has 1 aromatic rings. The summed E-state index contributed by atoms with van der Waals surface area (Å²) in [5, 5.41) is 0. The predicted molar refractivity (Wildman–Crippen MR) is 61.3 cm³/mol. The van der Waals surface area contributed by atoms with Crippen LogP contribution < -0.4 is 0 Å². The van der Waals surface area contributed by atoms with E-state index in [9.17, 15) is 8.42 Å². The van der Waals surface area contributed by atoms with Crippen LogP contribution in [0.1, 0.15) is 5.56 Å². The molecule has 0 aliphatic heterocycles. The molecule has 0 saturated heterocycles. The van der Waals surface area contributed by atoms with Gasteiger partial charge in [-0.15, -0.1) is 0 Å². The van der Waals surface area contributed by atoms with Gasteiger partial charge in [0.15, 0.2) is 0 Å². The van der Waals surface area contributed by atoms with Crippen molar-refractivity contribution in [3.05, 3.63) is 47.3 Å². The van der Waals surface area contributed by atoms with Crippen molar-refractivity contribution >= 4 is 10.1 Å². The molecule has 0 aliphatic carbocycles. The predicted octanol–water partition coefficient (Wildman–Crippen LogP) is 1.49. The summed E-state index contributed by atoms with van der Waals surface area (Å²) in [6.07, 6.45) is 1.48. The van der Waals surface area contributed by atoms with Gasteiger partial charge in [-0.25, -0.2) is 6.57 Å². The number of rotatable bonds is 5. The Kier molecular flexibility index (Phi) is 4.47. The highest BCUT2D eigenvalue weighted by Gasteiger charge is 2.16. The molecular weight excluding hydrogens is 226 g/mol. The summed E-state index contributed by atoms with van der Waals surface area (Å²) >= 11 is 0. The molecular formula is C11H13NO3S. The molecule has 0 bridgehead atoms. The van der Waals surface area contributed by atoms with E-state index < -0.39 is 16.2 Å². The summed E-state index contributed by atoms with van der Waals surface area (Å²) in [5.41, 5.74) is 1.00. The number of hydrogen-bond acceptors (Lipinski definition) is 3. The molecule has 0 fully saturated rings. The van der Waals surface area contributed by atoms with E-state index in [1.54, 1.807) is 0 Å². The monoisotopic (exact) mass is 239 g/mol. The van der Waals surface area contributed by atoms with Crippen LogP contribution >= 0.6 is 0 Å². The molecule has 0 heterocycles. The van der Waals surface area contributed by atoms with Gasteiger partial charge >= 0.3 is 0 Å². The van der Waals surface area contributed by atoms with Crippen LogP contribution in [0.5, 0.6) is 0 Å². The summed E-state index contributed by atoms with van der Waals surface area (Å²) in [4.78, 5) is 3.35. The first-order valence-corrected chi connectivity index (χ1v) is 6.58. The Balaban J connectivity index is 2.54. The molecule has 0 aromatic heterocycles. The topological polar surface area (TPSA) is 47.7 Å². The van der Waals surface area contributed by atoms with Crippen molar-refractivity contribution in [2.45, 2.75) is 12.5 Å². The minimum absolute atomic E-state index is 0.0861. The zero-order valence-corrected chi connectivity index (χ0v) is 9.78. The van der Waals surface area contributed by atoms with Crippen molar-refractivity contribution in [1.29, 1.82) is 0 Å². The van der Waals surface area contributed by atoms with Crippen molar-refractivity contribution in [1.82, 2.24) is 0 Å². The zero-order chi connectivity index (χ0) is 12.0. The third-order valence-corrected chi connectivity index (χ3v) is 2.54. The van der Waals surface area contributed by atoms with Crippen LogP contribution in [0.15, 0.2) is 30.3 Å². The smallest absolute Gasteiger partial charge is 0.264 e. The maximum absolute atomic E-state index is 10.8. The second-order valence-electron chi connectivity index (χ2n) is 3.46. The van der Waals surface area contributed by atoms with E-state index in [-0.39, 0.29) is 6.61 Å². The van der Waals surface area contributed by atoms with E-state index in [1.807, 2.05) is 30.3 Å². The van der Waals surface area contributed by atoms with Gasteiger partial charge in [0.25, 0.3) is 16.2 Å². The largest absolute Gasteiger partial charge is 0.311 e. The van der Waals surface area contributed by atoms with Crippen molar-refractivity contribution in [3.63, 3.8) is 0 Å². The molecule has 0 saturated carbocycles. The SMILES string of the molecule is [C-]#[N+][C@H](COS(C)(=O)=O)Cc1ccccc1. The quantitative estimate of drug-likeness (QED) is 0.578. The van der Waals surface area contributed by atoms with Crippen LogP contribution in [-0.2, 0) is 20.7 Å². The lowest BCUT2D eigenvalue weighted by Crippen LogP contribution is -2.17. The molecule has 16 heavy (non-hydrogen) atoms. The molecule has 1 rings (SSSR count). The molecule has 5 heteroatoms. The zero-order valence-electron chi connectivity index (χ0n) is 8.96. The Bertz CT molecular complexity index is 462. The summed E-state index contributed by atoms with van der Waals surface area (Å²) in [7, 11) is -3.46. The van der Waals surface area contributed by atoms with Crippen LogP contribution in [0.3, 0.4) is 0 Å². The minimum atomic E-state index is -3.46. The summed E-state index contributed by atoms with van der Waals surface area (Å²) in [6.45, 7) is 6.88. The molecule has 0 aliphatic rings. The van der Waals surface area contributed by atoms with Crippen molar-refractivity contribution < 1.29 is 12.6 Å². The maximum atomic E-state index is 10.8. The van der Waals surface area contributed by atoms with Gasteiger partial charge in [0.2, 0.25) is 0 Å². The second-order valence-corrected chi connectivity index (χ2v) is 5.11. The summed E-state index contributed by atoms with van der Waals surface area (Å²) in [5.74, 6) is 0. The highest BCUT2D eigenvalue weighted by molar-refractivity contribution is 7.85. The van der Waals surface area contributed by atoms with E-state index in [0.29, 0.717) is 6.42 Å². The Morgan fingerprint density at radius 1 is 1.38 bits per heavy atom. The molecule has 1 atom stereocenters. The lowest BCUT2D eigenvalue weighted by atomic mass is 10.1. The third kappa shape index (κ3) is 4.91.